The van der Waals surface area contributed by atoms with Gasteiger partial charge in [-0.05, 0) is 18.4 Å². The first kappa shape index (κ1) is 8.51. The van der Waals surface area contributed by atoms with Crippen LogP contribution in [0.15, 0.2) is 23.3 Å². The van der Waals surface area contributed by atoms with Crippen LogP contribution in [0.25, 0.3) is 0 Å². The summed E-state index contributed by atoms with van der Waals surface area (Å²) in [5.41, 5.74) is 7.86. The lowest BCUT2D eigenvalue weighted by Crippen LogP contribution is -2.40. The van der Waals surface area contributed by atoms with E-state index in [1.165, 1.54) is 11.1 Å². The van der Waals surface area contributed by atoms with Crippen LogP contribution in [0.2, 0.25) is 0 Å². The fourth-order valence-electron chi connectivity index (χ4n) is 2.05. The third kappa shape index (κ3) is 1.52. The Kier molecular flexibility index (Phi) is 2.19. The summed E-state index contributed by atoms with van der Waals surface area (Å²) < 4.78 is 0. The summed E-state index contributed by atoms with van der Waals surface area (Å²) in [5, 5.41) is 3.21. The summed E-state index contributed by atoms with van der Waals surface area (Å²) >= 11 is 0. The van der Waals surface area contributed by atoms with E-state index in [0.29, 0.717) is 6.54 Å². The van der Waals surface area contributed by atoms with E-state index in [-0.39, 0.29) is 11.8 Å². The minimum atomic E-state index is -0.199. The number of amides is 1. The number of carbonyl (C=O) groups excluding carboxylic acids is 1. The molecule has 1 heterocycles. The van der Waals surface area contributed by atoms with Gasteiger partial charge in [-0.2, -0.15) is 0 Å². The Balaban J connectivity index is 2.30. The van der Waals surface area contributed by atoms with E-state index in [4.69, 9.17) is 5.73 Å². The number of carbonyl (C=O) groups is 1. The average Bonchev–Trinajstić information content (AvgIpc) is 2.17. The highest BCUT2D eigenvalue weighted by atomic mass is 16.1. The Labute approximate surface area is 77.7 Å². The summed E-state index contributed by atoms with van der Waals surface area (Å²) in [6, 6.07) is 0. The summed E-state index contributed by atoms with van der Waals surface area (Å²) in [7, 11) is 0. The Morgan fingerprint density at radius 2 is 2.46 bits per heavy atom. The molecule has 1 aliphatic heterocycles. The van der Waals surface area contributed by atoms with Crippen molar-refractivity contribution in [3.63, 3.8) is 0 Å². The number of nitrogens with one attached hydrogen (secondary N) is 1. The van der Waals surface area contributed by atoms with Gasteiger partial charge >= 0.3 is 0 Å². The molecule has 1 aliphatic carbocycles. The topological polar surface area (TPSA) is 55.1 Å². The van der Waals surface area contributed by atoms with Gasteiger partial charge in [0.05, 0.1) is 5.92 Å². The van der Waals surface area contributed by atoms with E-state index < -0.39 is 0 Å². The summed E-state index contributed by atoms with van der Waals surface area (Å²) in [6.45, 7) is 1.59. The van der Waals surface area contributed by atoms with Crippen molar-refractivity contribution in [2.75, 3.05) is 13.1 Å². The van der Waals surface area contributed by atoms with Gasteiger partial charge in [0.2, 0.25) is 5.91 Å². The molecule has 70 valence electrons. The zero-order valence-electron chi connectivity index (χ0n) is 7.55. The molecular formula is C10H14N2O. The van der Waals surface area contributed by atoms with Crippen LogP contribution < -0.4 is 11.1 Å². The molecule has 2 rings (SSSR count). The predicted octanol–water partition coefficient (Wildman–Crippen LogP) is 0.338. The second kappa shape index (κ2) is 3.34. The summed E-state index contributed by atoms with van der Waals surface area (Å²) in [6.07, 6.45) is 6.31. The van der Waals surface area contributed by atoms with Crippen LogP contribution in [-0.4, -0.2) is 19.0 Å². The predicted molar refractivity (Wildman–Crippen MR) is 51.0 cm³/mol. The molecule has 0 saturated carbocycles. The van der Waals surface area contributed by atoms with Crippen molar-refractivity contribution in [1.29, 1.82) is 0 Å². The van der Waals surface area contributed by atoms with Crippen LogP contribution in [0.5, 0.6) is 0 Å². The van der Waals surface area contributed by atoms with Crippen molar-refractivity contribution in [1.82, 2.24) is 5.32 Å². The first-order valence-corrected chi connectivity index (χ1v) is 4.67. The second-order valence-corrected chi connectivity index (χ2v) is 3.58. The molecule has 2 aliphatic rings. The number of nitrogens with two attached hydrogens (primary N) is 1. The van der Waals surface area contributed by atoms with Gasteiger partial charge in [0.15, 0.2) is 0 Å². The highest BCUT2D eigenvalue weighted by molar-refractivity contribution is 5.80. The first-order chi connectivity index (χ1) is 6.29. The lowest BCUT2D eigenvalue weighted by atomic mass is 9.84. The van der Waals surface area contributed by atoms with Gasteiger partial charge in [0.25, 0.3) is 0 Å². The smallest absolute Gasteiger partial charge is 0.225 e. The van der Waals surface area contributed by atoms with Crippen molar-refractivity contribution in [2.45, 2.75) is 12.8 Å². The molecule has 0 aromatic carbocycles. The number of primary amides is 1. The number of rotatable bonds is 1. The summed E-state index contributed by atoms with van der Waals surface area (Å²) in [4.78, 5) is 11.1. The SMILES string of the molecule is NC(=O)C1CNCC2=C1CCC=C2. The van der Waals surface area contributed by atoms with Crippen molar-refractivity contribution in [3.05, 3.63) is 23.3 Å². The molecule has 0 saturated heterocycles. The average molecular weight is 178 g/mol. The molecular weight excluding hydrogens is 164 g/mol. The zero-order chi connectivity index (χ0) is 9.26. The van der Waals surface area contributed by atoms with E-state index in [0.717, 1.165) is 19.4 Å². The minimum Gasteiger partial charge on any atom is -0.369 e. The molecule has 1 atom stereocenters. The molecule has 0 bridgehead atoms. The van der Waals surface area contributed by atoms with Gasteiger partial charge in [-0.15, -0.1) is 0 Å². The molecule has 1 unspecified atom stereocenters. The van der Waals surface area contributed by atoms with Gasteiger partial charge in [-0.3, -0.25) is 4.79 Å². The monoisotopic (exact) mass is 178 g/mol. The van der Waals surface area contributed by atoms with Crippen LogP contribution >= 0.6 is 0 Å². The van der Waals surface area contributed by atoms with E-state index in [2.05, 4.69) is 17.5 Å². The quantitative estimate of drug-likeness (QED) is 0.608. The highest BCUT2D eigenvalue weighted by Crippen LogP contribution is 2.27. The van der Waals surface area contributed by atoms with Crippen molar-refractivity contribution in [3.8, 4) is 0 Å². The lowest BCUT2D eigenvalue weighted by Gasteiger charge is -2.28. The van der Waals surface area contributed by atoms with Gasteiger partial charge in [-0.25, -0.2) is 0 Å². The molecule has 0 aromatic heterocycles. The molecule has 3 N–H and O–H groups in total. The van der Waals surface area contributed by atoms with Crippen LogP contribution in [0.1, 0.15) is 12.8 Å². The lowest BCUT2D eigenvalue weighted by molar-refractivity contribution is -0.120. The minimum absolute atomic E-state index is 0.0753. The van der Waals surface area contributed by atoms with Crippen molar-refractivity contribution in [2.24, 2.45) is 11.7 Å². The van der Waals surface area contributed by atoms with Crippen LogP contribution in [0.3, 0.4) is 0 Å². The molecule has 3 nitrogen and oxygen atoms in total. The first-order valence-electron chi connectivity index (χ1n) is 4.67. The van der Waals surface area contributed by atoms with Crippen molar-refractivity contribution < 1.29 is 4.79 Å². The maximum atomic E-state index is 11.1. The Morgan fingerprint density at radius 3 is 3.23 bits per heavy atom. The normalized spacial score (nSPS) is 27.2. The Hall–Kier alpha value is -1.09. The second-order valence-electron chi connectivity index (χ2n) is 3.58. The number of hydrogen-bond acceptors (Lipinski definition) is 2. The van der Waals surface area contributed by atoms with Crippen LogP contribution in [-0.2, 0) is 4.79 Å². The highest BCUT2D eigenvalue weighted by Gasteiger charge is 2.26. The van der Waals surface area contributed by atoms with Crippen molar-refractivity contribution >= 4 is 5.91 Å². The van der Waals surface area contributed by atoms with E-state index in [9.17, 15) is 4.79 Å². The molecule has 3 heteroatoms. The number of hydrogen-bond donors (Lipinski definition) is 2. The van der Waals surface area contributed by atoms with Crippen LogP contribution in [0.4, 0.5) is 0 Å². The molecule has 1 amide bonds. The molecule has 0 fully saturated rings. The van der Waals surface area contributed by atoms with Gasteiger partial charge < -0.3 is 11.1 Å². The maximum absolute atomic E-state index is 11.1. The zero-order valence-corrected chi connectivity index (χ0v) is 7.55. The fourth-order valence-corrected chi connectivity index (χ4v) is 2.05. The Morgan fingerprint density at radius 1 is 1.62 bits per heavy atom. The fraction of sp³-hybridized carbons (Fsp3) is 0.500. The standard InChI is InChI=1S/C10H14N2O/c11-10(13)9-6-12-5-7-3-1-2-4-8(7)9/h1,3,9,12H,2,4-6H2,(H2,11,13). The molecule has 0 aromatic rings. The van der Waals surface area contributed by atoms with Gasteiger partial charge in [-0.1, -0.05) is 17.7 Å². The van der Waals surface area contributed by atoms with E-state index in [1.807, 2.05) is 0 Å². The third-order valence-corrected chi connectivity index (χ3v) is 2.74. The molecule has 13 heavy (non-hydrogen) atoms. The number of allylic oxidation sites excluding steroid dienone is 1. The van der Waals surface area contributed by atoms with Crippen LogP contribution in [0, 0.1) is 5.92 Å². The van der Waals surface area contributed by atoms with E-state index in [1.54, 1.807) is 0 Å². The summed E-state index contributed by atoms with van der Waals surface area (Å²) in [5.74, 6) is -0.274. The molecule has 0 spiro atoms. The third-order valence-electron chi connectivity index (χ3n) is 2.74. The van der Waals surface area contributed by atoms with E-state index >= 15 is 0 Å². The van der Waals surface area contributed by atoms with Gasteiger partial charge in [0, 0.05) is 13.1 Å². The Bertz CT molecular complexity index is 291. The molecule has 0 radical (unpaired) electrons. The maximum Gasteiger partial charge on any atom is 0.225 e. The largest absolute Gasteiger partial charge is 0.369 e. The van der Waals surface area contributed by atoms with Gasteiger partial charge in [0.1, 0.15) is 0 Å².